The van der Waals surface area contributed by atoms with E-state index in [1.807, 2.05) is 6.88 Å². The van der Waals surface area contributed by atoms with E-state index in [2.05, 4.69) is 52.0 Å². The third kappa shape index (κ3) is 6.45. The van der Waals surface area contributed by atoms with Gasteiger partial charge in [0.15, 0.2) is 0 Å². The Kier molecular flexibility index (Phi) is 12.2. The summed E-state index contributed by atoms with van der Waals surface area (Å²) in [4.78, 5) is 0. The van der Waals surface area contributed by atoms with E-state index in [0.29, 0.717) is 0 Å². The maximum atomic E-state index is 2.36. The number of hydrogen-bond donors (Lipinski definition) is 0. The summed E-state index contributed by atoms with van der Waals surface area (Å²) in [6, 6.07) is 9.42. The van der Waals surface area contributed by atoms with Crippen LogP contribution in [0, 0.1) is 28.7 Å². The molecule has 0 aliphatic heterocycles. The molecular weight excluding hydrogens is 408 g/mol. The summed E-state index contributed by atoms with van der Waals surface area (Å²) >= 11 is 1.58. The van der Waals surface area contributed by atoms with Gasteiger partial charge in [-0.3, -0.25) is 0 Å². The van der Waals surface area contributed by atoms with E-state index in [1.54, 1.807) is 45.6 Å². The molecule has 0 aromatic heterocycles. The monoisotopic (exact) mass is 444 g/mol. The zero-order chi connectivity index (χ0) is 17.7. The summed E-state index contributed by atoms with van der Waals surface area (Å²) < 4.78 is 0. The van der Waals surface area contributed by atoms with Gasteiger partial charge >= 0.3 is 30.2 Å². The Morgan fingerprint density at radius 3 is 1.46 bits per heavy atom. The average Bonchev–Trinajstić information content (AvgIpc) is 3.13. The van der Waals surface area contributed by atoms with Gasteiger partial charge in [-0.2, -0.15) is 45.5 Å². The molecule has 0 fully saturated rings. The van der Waals surface area contributed by atoms with Gasteiger partial charge < -0.3 is 14.9 Å². The predicted octanol–water partition coefficient (Wildman–Crippen LogP) is 6.29. The van der Waals surface area contributed by atoms with Crippen LogP contribution in [0.4, 0.5) is 0 Å². The van der Waals surface area contributed by atoms with Crippen molar-refractivity contribution in [2.24, 2.45) is 0 Å². The molecule has 2 aliphatic carbocycles. The standard InChI is InChI=1S/2C11H15.2CH3.H2Si.Zr/c2*1-8-6-10-5-3-4-9(2)11(10)7-8;;;;/h2*6-7,9H,3-5H2,1-2H3;2*1H3;1H2;/q4*-1;;. The topological polar surface area (TPSA) is 0 Å². The SMILES string of the molecule is Cc1cc2c([cH-]1)CCCC2C.Cc1cc2c([cH-]1)CCCC2C.[CH3-].[CH3-].[SiH2]=[Zr]. The summed E-state index contributed by atoms with van der Waals surface area (Å²) in [7, 11) is 0. The van der Waals surface area contributed by atoms with Gasteiger partial charge in [-0.05, 0) is 0 Å². The predicted molar refractivity (Wildman–Crippen MR) is 118 cm³/mol. The van der Waals surface area contributed by atoms with E-state index < -0.39 is 0 Å². The molecule has 0 radical (unpaired) electrons. The van der Waals surface area contributed by atoms with Crippen LogP contribution in [0.25, 0.3) is 0 Å². The Morgan fingerprint density at radius 2 is 1.15 bits per heavy atom. The molecule has 0 saturated heterocycles. The van der Waals surface area contributed by atoms with Crippen molar-refractivity contribution in [3.05, 3.63) is 72.5 Å². The fourth-order valence-corrected chi connectivity index (χ4v) is 4.33. The molecule has 0 saturated carbocycles. The van der Waals surface area contributed by atoms with Gasteiger partial charge in [0.2, 0.25) is 0 Å². The van der Waals surface area contributed by atoms with Crippen molar-refractivity contribution < 1.29 is 23.3 Å². The van der Waals surface area contributed by atoms with E-state index in [9.17, 15) is 0 Å². The van der Waals surface area contributed by atoms with Crippen molar-refractivity contribution in [3.63, 3.8) is 0 Å². The Labute approximate surface area is 180 Å². The van der Waals surface area contributed by atoms with Crippen molar-refractivity contribution in [2.75, 3.05) is 0 Å². The average molecular weight is 446 g/mol. The van der Waals surface area contributed by atoms with Gasteiger partial charge in [-0.25, -0.2) is 12.1 Å². The molecule has 0 bridgehead atoms. The minimum absolute atomic E-state index is 0. The van der Waals surface area contributed by atoms with Crippen LogP contribution in [0.3, 0.4) is 0 Å². The molecule has 0 amide bonds. The van der Waals surface area contributed by atoms with Gasteiger partial charge in [0.1, 0.15) is 0 Å². The Morgan fingerprint density at radius 1 is 0.808 bits per heavy atom. The van der Waals surface area contributed by atoms with E-state index in [0.717, 1.165) is 11.8 Å². The van der Waals surface area contributed by atoms with Crippen LogP contribution >= 0.6 is 0 Å². The van der Waals surface area contributed by atoms with Crippen molar-refractivity contribution in [3.8, 4) is 0 Å². The number of hydrogen-bond acceptors (Lipinski definition) is 0. The molecule has 2 aromatic carbocycles. The summed E-state index contributed by atoms with van der Waals surface area (Å²) in [5, 5.41) is 0. The molecule has 2 aliphatic rings. The summed E-state index contributed by atoms with van der Waals surface area (Å²) in [5.41, 5.74) is 9.36. The molecule has 0 N–H and O–H groups in total. The van der Waals surface area contributed by atoms with Crippen molar-refractivity contribution in [2.45, 2.75) is 78.1 Å². The van der Waals surface area contributed by atoms with Gasteiger partial charge in [0.25, 0.3) is 0 Å². The van der Waals surface area contributed by atoms with Crippen LogP contribution in [0.15, 0.2) is 24.3 Å². The first-order valence-electron chi connectivity index (χ1n) is 9.42. The molecule has 0 heterocycles. The molecule has 0 spiro atoms. The van der Waals surface area contributed by atoms with Gasteiger partial charge in [0.05, 0.1) is 0 Å². The summed E-state index contributed by atoms with van der Waals surface area (Å²) in [6.07, 6.45) is 8.17. The molecule has 2 unspecified atom stereocenters. The molecule has 2 aromatic rings. The van der Waals surface area contributed by atoms with Crippen molar-refractivity contribution in [1.82, 2.24) is 0 Å². The van der Waals surface area contributed by atoms with E-state index in [4.69, 9.17) is 0 Å². The van der Waals surface area contributed by atoms with Crippen LogP contribution in [0.5, 0.6) is 0 Å². The second kappa shape index (κ2) is 12.3. The van der Waals surface area contributed by atoms with Crippen LogP contribution in [-0.2, 0) is 36.2 Å². The fraction of sp³-hybridized carbons (Fsp3) is 0.500. The van der Waals surface area contributed by atoms with Crippen LogP contribution in [0.2, 0.25) is 0 Å². The Hall–Kier alpha value is -0.200. The first-order valence-corrected chi connectivity index (χ1v) is 15.3. The van der Waals surface area contributed by atoms with Crippen LogP contribution in [0.1, 0.15) is 84.7 Å². The zero-order valence-electron chi connectivity index (χ0n) is 17.9. The summed E-state index contributed by atoms with van der Waals surface area (Å²) in [6.45, 7) is 11.0. The van der Waals surface area contributed by atoms with Crippen molar-refractivity contribution >= 4 is 6.88 Å². The zero-order valence-corrected chi connectivity index (χ0v) is 21.8. The first-order chi connectivity index (χ1) is 11.5. The normalized spacial score (nSPS) is 19.8. The molecule has 26 heavy (non-hydrogen) atoms. The molecule has 146 valence electrons. The number of aryl methyl sites for hydroxylation is 4. The van der Waals surface area contributed by atoms with Gasteiger partial charge in [0, 0.05) is 0 Å². The molecule has 2 atom stereocenters. The fourth-order valence-electron chi connectivity index (χ4n) is 4.33. The first kappa shape index (κ1) is 25.8. The maximum absolute atomic E-state index is 2.36. The van der Waals surface area contributed by atoms with E-state index in [1.165, 1.54) is 49.7 Å². The van der Waals surface area contributed by atoms with Gasteiger partial charge in [-0.1, -0.05) is 78.1 Å². The quantitative estimate of drug-likeness (QED) is 0.330. The van der Waals surface area contributed by atoms with Crippen LogP contribution in [-0.4, -0.2) is 6.88 Å². The third-order valence-corrected chi connectivity index (χ3v) is 5.54. The second-order valence-electron chi connectivity index (χ2n) is 7.61. The number of rotatable bonds is 0. The second-order valence-corrected chi connectivity index (χ2v) is 7.61. The van der Waals surface area contributed by atoms with Crippen LogP contribution < -0.4 is 0 Å². The number of fused-ring (bicyclic) bond motifs is 2. The van der Waals surface area contributed by atoms with Crippen molar-refractivity contribution in [1.29, 1.82) is 0 Å². The Bertz CT molecular complexity index is 593. The van der Waals surface area contributed by atoms with Gasteiger partial charge in [-0.15, -0.1) is 0 Å². The minimum atomic E-state index is 0. The molecule has 0 nitrogen and oxygen atoms in total. The summed E-state index contributed by atoms with van der Waals surface area (Å²) in [5.74, 6) is 1.62. The Balaban J connectivity index is 0.000000410. The molecule has 2 heteroatoms. The molecular formula is C24H38SiZr-4. The van der Waals surface area contributed by atoms with E-state index in [-0.39, 0.29) is 14.9 Å². The third-order valence-electron chi connectivity index (χ3n) is 5.54. The van der Waals surface area contributed by atoms with E-state index >= 15 is 0 Å². The molecule has 4 rings (SSSR count).